The van der Waals surface area contributed by atoms with Gasteiger partial charge in [-0.25, -0.2) is 0 Å². The normalized spacial score (nSPS) is 12.3. The van der Waals surface area contributed by atoms with Crippen molar-refractivity contribution in [3.63, 3.8) is 0 Å². The standard InChI is InChI=1S/C17H21BrN2/c1-2-5-13-8-10-14(11-9-13)17(20-19)12-15-6-3-4-7-16(15)18/h3-4,6-11,17,20H,2,5,12,19H2,1H3. The molecule has 0 aliphatic rings. The second-order valence-corrected chi connectivity index (χ2v) is 5.86. The monoisotopic (exact) mass is 332 g/mol. The van der Waals surface area contributed by atoms with Gasteiger partial charge in [-0.15, -0.1) is 0 Å². The molecule has 1 unspecified atom stereocenters. The van der Waals surface area contributed by atoms with Crippen molar-refractivity contribution in [1.29, 1.82) is 0 Å². The molecule has 0 fully saturated rings. The van der Waals surface area contributed by atoms with E-state index < -0.39 is 0 Å². The molecule has 0 aliphatic heterocycles. The topological polar surface area (TPSA) is 38.0 Å². The average molecular weight is 333 g/mol. The van der Waals surface area contributed by atoms with E-state index in [-0.39, 0.29) is 6.04 Å². The van der Waals surface area contributed by atoms with Crippen molar-refractivity contribution in [2.24, 2.45) is 5.84 Å². The van der Waals surface area contributed by atoms with Gasteiger partial charge in [-0.3, -0.25) is 11.3 Å². The van der Waals surface area contributed by atoms with Crippen LogP contribution >= 0.6 is 15.9 Å². The van der Waals surface area contributed by atoms with Crippen molar-refractivity contribution >= 4 is 15.9 Å². The van der Waals surface area contributed by atoms with Crippen LogP contribution < -0.4 is 11.3 Å². The first kappa shape index (κ1) is 15.2. The van der Waals surface area contributed by atoms with E-state index in [2.05, 4.69) is 70.7 Å². The van der Waals surface area contributed by atoms with Crippen LogP contribution in [0.3, 0.4) is 0 Å². The van der Waals surface area contributed by atoms with Gasteiger partial charge in [0.25, 0.3) is 0 Å². The Labute approximate surface area is 129 Å². The maximum atomic E-state index is 5.73. The van der Waals surface area contributed by atoms with Crippen LogP contribution in [0.5, 0.6) is 0 Å². The smallest absolute Gasteiger partial charge is 0.0500 e. The fourth-order valence-corrected chi connectivity index (χ4v) is 2.81. The lowest BCUT2D eigenvalue weighted by Gasteiger charge is -2.17. The maximum absolute atomic E-state index is 5.73. The Morgan fingerprint density at radius 1 is 1.10 bits per heavy atom. The quantitative estimate of drug-likeness (QED) is 0.616. The molecular formula is C17H21BrN2. The minimum absolute atomic E-state index is 0.129. The third kappa shape index (κ3) is 3.92. The van der Waals surface area contributed by atoms with Crippen molar-refractivity contribution in [3.05, 3.63) is 69.7 Å². The Hall–Kier alpha value is -1.16. The molecule has 2 nitrogen and oxygen atoms in total. The van der Waals surface area contributed by atoms with E-state index in [0.29, 0.717) is 0 Å². The summed E-state index contributed by atoms with van der Waals surface area (Å²) in [7, 11) is 0. The Morgan fingerprint density at radius 2 is 1.80 bits per heavy atom. The molecule has 0 bridgehead atoms. The van der Waals surface area contributed by atoms with E-state index in [0.717, 1.165) is 17.3 Å². The zero-order chi connectivity index (χ0) is 14.4. The second kappa shape index (κ2) is 7.58. The van der Waals surface area contributed by atoms with Gasteiger partial charge in [0.05, 0.1) is 6.04 Å². The summed E-state index contributed by atoms with van der Waals surface area (Å²) in [6.45, 7) is 2.20. The van der Waals surface area contributed by atoms with Gasteiger partial charge >= 0.3 is 0 Å². The van der Waals surface area contributed by atoms with Crippen molar-refractivity contribution in [3.8, 4) is 0 Å². The van der Waals surface area contributed by atoms with E-state index in [9.17, 15) is 0 Å². The lowest BCUT2D eigenvalue weighted by molar-refractivity contribution is 0.551. The molecule has 2 rings (SSSR count). The van der Waals surface area contributed by atoms with Crippen LogP contribution in [0, 0.1) is 0 Å². The van der Waals surface area contributed by atoms with E-state index >= 15 is 0 Å². The summed E-state index contributed by atoms with van der Waals surface area (Å²) in [6.07, 6.45) is 3.17. The number of benzene rings is 2. The van der Waals surface area contributed by atoms with Crippen LogP contribution in [0.25, 0.3) is 0 Å². The summed E-state index contributed by atoms with van der Waals surface area (Å²) in [5, 5.41) is 0. The molecule has 0 amide bonds. The van der Waals surface area contributed by atoms with Crippen LogP contribution in [-0.4, -0.2) is 0 Å². The van der Waals surface area contributed by atoms with Crippen LogP contribution in [0.1, 0.15) is 36.1 Å². The molecule has 1 atom stereocenters. The van der Waals surface area contributed by atoms with E-state index in [1.54, 1.807) is 0 Å². The number of rotatable bonds is 6. The Kier molecular flexibility index (Phi) is 5.77. The summed E-state index contributed by atoms with van der Waals surface area (Å²) in [5.74, 6) is 5.73. The molecule has 2 aromatic carbocycles. The molecule has 0 saturated heterocycles. The first-order valence-corrected chi connectivity index (χ1v) is 7.82. The Balaban J connectivity index is 2.13. The van der Waals surface area contributed by atoms with Gasteiger partial charge in [0, 0.05) is 4.47 Å². The van der Waals surface area contributed by atoms with Crippen molar-refractivity contribution in [2.45, 2.75) is 32.2 Å². The highest BCUT2D eigenvalue weighted by molar-refractivity contribution is 9.10. The molecule has 0 spiro atoms. The molecule has 0 radical (unpaired) electrons. The molecule has 0 aliphatic carbocycles. The first-order chi connectivity index (χ1) is 9.74. The molecule has 20 heavy (non-hydrogen) atoms. The van der Waals surface area contributed by atoms with Crippen molar-refractivity contribution in [2.75, 3.05) is 0 Å². The predicted octanol–water partition coefficient (Wildman–Crippen LogP) is 4.15. The van der Waals surface area contributed by atoms with Gasteiger partial charge < -0.3 is 0 Å². The van der Waals surface area contributed by atoms with E-state index in [1.165, 1.54) is 23.1 Å². The van der Waals surface area contributed by atoms with E-state index in [1.807, 2.05) is 6.07 Å². The number of aryl methyl sites for hydroxylation is 1. The number of nitrogens with two attached hydrogens (primary N) is 1. The molecule has 3 N–H and O–H groups in total. The molecule has 0 aromatic heterocycles. The summed E-state index contributed by atoms with van der Waals surface area (Å²) in [4.78, 5) is 0. The molecule has 3 heteroatoms. The third-order valence-corrected chi connectivity index (χ3v) is 4.28. The molecule has 0 heterocycles. The van der Waals surface area contributed by atoms with Gasteiger partial charge in [0.15, 0.2) is 0 Å². The fourth-order valence-electron chi connectivity index (χ4n) is 2.36. The van der Waals surface area contributed by atoms with Crippen LogP contribution in [0.4, 0.5) is 0 Å². The molecule has 2 aromatic rings. The lowest BCUT2D eigenvalue weighted by atomic mass is 9.98. The second-order valence-electron chi connectivity index (χ2n) is 5.01. The lowest BCUT2D eigenvalue weighted by Crippen LogP contribution is -2.29. The minimum atomic E-state index is 0.129. The number of nitrogens with one attached hydrogen (secondary N) is 1. The highest BCUT2D eigenvalue weighted by atomic mass is 79.9. The third-order valence-electron chi connectivity index (χ3n) is 3.50. The number of hydrogen-bond acceptors (Lipinski definition) is 2. The van der Waals surface area contributed by atoms with Gasteiger partial charge in [0.1, 0.15) is 0 Å². The van der Waals surface area contributed by atoms with Gasteiger partial charge in [0.2, 0.25) is 0 Å². The fraction of sp³-hybridized carbons (Fsp3) is 0.294. The van der Waals surface area contributed by atoms with Crippen molar-refractivity contribution in [1.82, 2.24) is 5.43 Å². The van der Waals surface area contributed by atoms with E-state index in [4.69, 9.17) is 5.84 Å². The van der Waals surface area contributed by atoms with Crippen LogP contribution in [0.2, 0.25) is 0 Å². The summed E-state index contributed by atoms with van der Waals surface area (Å²) in [5.41, 5.74) is 6.79. The predicted molar refractivity (Wildman–Crippen MR) is 88.3 cm³/mol. The Bertz CT molecular complexity index is 537. The van der Waals surface area contributed by atoms with Crippen molar-refractivity contribution < 1.29 is 0 Å². The van der Waals surface area contributed by atoms with Gasteiger partial charge in [-0.1, -0.05) is 71.7 Å². The number of halogens is 1. The Morgan fingerprint density at radius 3 is 2.40 bits per heavy atom. The highest BCUT2D eigenvalue weighted by Gasteiger charge is 2.12. The number of hydrazine groups is 1. The SMILES string of the molecule is CCCc1ccc(C(Cc2ccccc2Br)NN)cc1. The summed E-state index contributed by atoms with van der Waals surface area (Å²) in [6, 6.07) is 17.1. The number of hydrogen-bond donors (Lipinski definition) is 2. The molecule has 0 saturated carbocycles. The molecule has 106 valence electrons. The highest BCUT2D eigenvalue weighted by Crippen LogP contribution is 2.23. The van der Waals surface area contributed by atoms with Gasteiger partial charge in [-0.05, 0) is 35.6 Å². The first-order valence-electron chi connectivity index (χ1n) is 7.03. The maximum Gasteiger partial charge on any atom is 0.0500 e. The van der Waals surface area contributed by atoms with Gasteiger partial charge in [-0.2, -0.15) is 0 Å². The zero-order valence-electron chi connectivity index (χ0n) is 11.8. The minimum Gasteiger partial charge on any atom is -0.271 e. The largest absolute Gasteiger partial charge is 0.271 e. The zero-order valence-corrected chi connectivity index (χ0v) is 13.4. The summed E-state index contributed by atoms with van der Waals surface area (Å²) >= 11 is 3.59. The van der Waals surface area contributed by atoms with Crippen LogP contribution in [-0.2, 0) is 12.8 Å². The van der Waals surface area contributed by atoms with Crippen LogP contribution in [0.15, 0.2) is 53.0 Å². The molecular weight excluding hydrogens is 312 g/mol. The average Bonchev–Trinajstić information content (AvgIpc) is 2.48. The summed E-state index contributed by atoms with van der Waals surface area (Å²) < 4.78 is 1.13.